The van der Waals surface area contributed by atoms with Gasteiger partial charge < -0.3 is 5.32 Å². The minimum Gasteiger partial charge on any atom is -0.350 e. The lowest BCUT2D eigenvalue weighted by atomic mass is 10.3. The fourth-order valence-corrected chi connectivity index (χ4v) is 2.67. The van der Waals surface area contributed by atoms with Crippen molar-refractivity contribution in [3.8, 4) is 0 Å². The van der Waals surface area contributed by atoms with Crippen molar-refractivity contribution in [2.75, 3.05) is 10.2 Å². The number of nitrogens with one attached hydrogen (secondary N) is 1. The molecule has 2 aromatic carbocycles. The minimum absolute atomic E-state index is 0.0939. The number of imide groups is 1. The first kappa shape index (κ1) is 15.1. The second-order valence-corrected chi connectivity index (χ2v) is 6.23. The number of anilines is 2. The summed E-state index contributed by atoms with van der Waals surface area (Å²) in [5.74, 6) is -0.980. The van der Waals surface area contributed by atoms with Crippen molar-refractivity contribution < 1.29 is 9.59 Å². The van der Waals surface area contributed by atoms with Crippen LogP contribution in [0, 0.1) is 3.57 Å². The summed E-state index contributed by atoms with van der Waals surface area (Å²) in [6.07, 6.45) is 0. The summed E-state index contributed by atoms with van der Waals surface area (Å²) < 4.78 is 1.02. The predicted octanol–water partition coefficient (Wildman–Crippen LogP) is 3.73. The standard InChI is InChI=1S/C16H10ClIN2O2/c17-13-14(19-11-4-2-1-3-5-11)16(22)20(15(13)21)12-8-6-10(18)7-9-12/h1-9,19H. The van der Waals surface area contributed by atoms with Crippen LogP contribution in [0.5, 0.6) is 0 Å². The van der Waals surface area contributed by atoms with Crippen LogP contribution in [0.1, 0.15) is 0 Å². The molecule has 0 atom stereocenters. The average molecular weight is 425 g/mol. The largest absolute Gasteiger partial charge is 0.350 e. The SMILES string of the molecule is O=C1C(Cl)=C(Nc2ccccc2)C(=O)N1c1ccc(I)cc1. The quantitative estimate of drug-likeness (QED) is 0.603. The molecule has 1 N–H and O–H groups in total. The third kappa shape index (κ3) is 2.74. The Morgan fingerprint density at radius 3 is 2.18 bits per heavy atom. The van der Waals surface area contributed by atoms with E-state index in [4.69, 9.17) is 11.6 Å². The number of para-hydroxylation sites is 1. The van der Waals surface area contributed by atoms with Crippen LogP contribution in [-0.4, -0.2) is 11.8 Å². The first-order valence-electron chi connectivity index (χ1n) is 6.44. The second-order valence-electron chi connectivity index (χ2n) is 4.60. The molecule has 0 aliphatic carbocycles. The maximum atomic E-state index is 12.5. The topological polar surface area (TPSA) is 49.4 Å². The Kier molecular flexibility index (Phi) is 4.17. The molecule has 0 radical (unpaired) electrons. The Morgan fingerprint density at radius 1 is 0.909 bits per heavy atom. The van der Waals surface area contributed by atoms with Gasteiger partial charge in [0.2, 0.25) is 0 Å². The molecule has 0 saturated heterocycles. The van der Waals surface area contributed by atoms with E-state index in [0.29, 0.717) is 11.4 Å². The van der Waals surface area contributed by atoms with Crippen molar-refractivity contribution in [2.24, 2.45) is 0 Å². The highest BCUT2D eigenvalue weighted by Crippen LogP contribution is 2.30. The van der Waals surface area contributed by atoms with Gasteiger partial charge in [0.05, 0.1) is 5.69 Å². The Balaban J connectivity index is 1.91. The average Bonchev–Trinajstić information content (AvgIpc) is 2.73. The smallest absolute Gasteiger partial charge is 0.283 e. The zero-order valence-corrected chi connectivity index (χ0v) is 14.1. The molecule has 0 bridgehead atoms. The highest BCUT2D eigenvalue weighted by molar-refractivity contribution is 14.1. The predicted molar refractivity (Wildman–Crippen MR) is 94.6 cm³/mol. The molecule has 0 unspecified atom stereocenters. The van der Waals surface area contributed by atoms with E-state index < -0.39 is 11.8 Å². The third-order valence-corrected chi connectivity index (χ3v) is 4.23. The number of carbonyl (C=O) groups is 2. The van der Waals surface area contributed by atoms with Crippen molar-refractivity contribution in [3.05, 3.63) is 68.9 Å². The summed E-state index contributed by atoms with van der Waals surface area (Å²) in [6, 6.07) is 16.2. The van der Waals surface area contributed by atoms with Crippen LogP contribution in [0.25, 0.3) is 0 Å². The summed E-state index contributed by atoms with van der Waals surface area (Å²) in [5.41, 5.74) is 1.29. The number of amides is 2. The molecule has 0 saturated carbocycles. The normalized spacial score (nSPS) is 14.7. The van der Waals surface area contributed by atoms with Crippen LogP contribution in [0.3, 0.4) is 0 Å². The molecule has 0 spiro atoms. The van der Waals surface area contributed by atoms with Crippen LogP contribution in [0.4, 0.5) is 11.4 Å². The van der Waals surface area contributed by atoms with Crippen LogP contribution >= 0.6 is 34.2 Å². The highest BCUT2D eigenvalue weighted by atomic mass is 127. The zero-order valence-electron chi connectivity index (χ0n) is 11.2. The van der Waals surface area contributed by atoms with Crippen LogP contribution in [-0.2, 0) is 9.59 Å². The number of halogens is 2. The van der Waals surface area contributed by atoms with Crippen molar-refractivity contribution >= 4 is 57.4 Å². The van der Waals surface area contributed by atoms with Crippen LogP contribution < -0.4 is 10.2 Å². The van der Waals surface area contributed by atoms with E-state index in [9.17, 15) is 9.59 Å². The Bertz CT molecular complexity index is 772. The second kappa shape index (κ2) is 6.10. The number of benzene rings is 2. The molecule has 1 aliphatic rings. The Morgan fingerprint density at radius 2 is 1.55 bits per heavy atom. The Labute approximate surface area is 145 Å². The summed E-state index contributed by atoms with van der Waals surface area (Å²) in [5, 5.41) is 2.81. The summed E-state index contributed by atoms with van der Waals surface area (Å²) in [6.45, 7) is 0. The third-order valence-electron chi connectivity index (χ3n) is 3.16. The lowest BCUT2D eigenvalue weighted by Crippen LogP contribution is -2.32. The van der Waals surface area contributed by atoms with Gasteiger partial charge in [0.1, 0.15) is 10.7 Å². The molecule has 2 aromatic rings. The van der Waals surface area contributed by atoms with E-state index in [1.807, 2.05) is 30.3 Å². The fourth-order valence-electron chi connectivity index (χ4n) is 2.10. The monoisotopic (exact) mass is 424 g/mol. The van der Waals surface area contributed by atoms with Gasteiger partial charge in [0.25, 0.3) is 11.8 Å². The van der Waals surface area contributed by atoms with Gasteiger partial charge in [-0.1, -0.05) is 29.8 Å². The van der Waals surface area contributed by atoms with E-state index in [-0.39, 0.29) is 10.7 Å². The first-order valence-corrected chi connectivity index (χ1v) is 7.90. The van der Waals surface area contributed by atoms with E-state index >= 15 is 0 Å². The van der Waals surface area contributed by atoms with Gasteiger partial charge in [0, 0.05) is 9.26 Å². The molecule has 4 nitrogen and oxygen atoms in total. The highest BCUT2D eigenvalue weighted by Gasteiger charge is 2.38. The summed E-state index contributed by atoms with van der Waals surface area (Å²) in [7, 11) is 0. The minimum atomic E-state index is -0.522. The van der Waals surface area contributed by atoms with Gasteiger partial charge in [0.15, 0.2) is 0 Å². The molecule has 110 valence electrons. The van der Waals surface area contributed by atoms with Crippen LogP contribution in [0.15, 0.2) is 65.3 Å². The molecular formula is C16H10ClIN2O2. The van der Waals surface area contributed by atoms with Gasteiger partial charge in [-0.2, -0.15) is 0 Å². The van der Waals surface area contributed by atoms with Crippen LogP contribution in [0.2, 0.25) is 0 Å². The number of nitrogens with zero attached hydrogens (tertiary/aromatic N) is 1. The molecule has 22 heavy (non-hydrogen) atoms. The molecule has 1 heterocycles. The maximum Gasteiger partial charge on any atom is 0.283 e. The molecule has 2 amide bonds. The van der Waals surface area contributed by atoms with Crippen molar-refractivity contribution in [1.29, 1.82) is 0 Å². The van der Waals surface area contributed by atoms with Crippen molar-refractivity contribution in [1.82, 2.24) is 0 Å². The van der Waals surface area contributed by atoms with E-state index in [1.165, 1.54) is 0 Å². The molecule has 3 rings (SSSR count). The zero-order chi connectivity index (χ0) is 15.7. The molecule has 1 aliphatic heterocycles. The summed E-state index contributed by atoms with van der Waals surface area (Å²) >= 11 is 8.21. The lowest BCUT2D eigenvalue weighted by Gasteiger charge is -2.15. The maximum absolute atomic E-state index is 12.5. The number of hydrogen-bond donors (Lipinski definition) is 1. The molecule has 0 aromatic heterocycles. The lowest BCUT2D eigenvalue weighted by molar-refractivity contribution is -0.120. The van der Waals surface area contributed by atoms with Gasteiger partial charge in [-0.25, -0.2) is 4.90 Å². The molecule has 0 fully saturated rings. The molecular weight excluding hydrogens is 415 g/mol. The van der Waals surface area contributed by atoms with E-state index in [1.54, 1.807) is 24.3 Å². The Hall–Kier alpha value is -1.86. The number of hydrogen-bond acceptors (Lipinski definition) is 3. The number of rotatable bonds is 3. The van der Waals surface area contributed by atoms with Gasteiger partial charge in [-0.3, -0.25) is 9.59 Å². The van der Waals surface area contributed by atoms with E-state index in [0.717, 1.165) is 8.47 Å². The fraction of sp³-hybridized carbons (Fsp3) is 0. The number of carbonyl (C=O) groups excluding carboxylic acids is 2. The first-order chi connectivity index (χ1) is 10.6. The summed E-state index contributed by atoms with van der Waals surface area (Å²) in [4.78, 5) is 25.9. The van der Waals surface area contributed by atoms with Gasteiger partial charge in [-0.05, 0) is 59.0 Å². The molecule has 6 heteroatoms. The van der Waals surface area contributed by atoms with E-state index in [2.05, 4.69) is 27.9 Å². The van der Waals surface area contributed by atoms with Gasteiger partial charge in [-0.15, -0.1) is 0 Å². The van der Waals surface area contributed by atoms with Crippen molar-refractivity contribution in [3.63, 3.8) is 0 Å². The van der Waals surface area contributed by atoms with Crippen molar-refractivity contribution in [2.45, 2.75) is 0 Å². The van der Waals surface area contributed by atoms with Gasteiger partial charge >= 0.3 is 0 Å².